The van der Waals surface area contributed by atoms with Crippen LogP contribution < -0.4 is 5.32 Å². The molecule has 0 unspecified atom stereocenters. The molecule has 1 rings (SSSR count). The molecule has 0 fully saturated rings. The van der Waals surface area contributed by atoms with Crippen LogP contribution in [0.3, 0.4) is 0 Å². The Hall–Kier alpha value is -0.490. The largest absolute Gasteiger partial charge is 0.297 e. The predicted molar refractivity (Wildman–Crippen MR) is 31.0 cm³/mol. The standard InChI is InChI=1S/C4H5F2NO2S/c5-3-1-7-2-10(8,9)4(3)6/h7H,1-2H2. The van der Waals surface area contributed by atoms with Crippen molar-refractivity contribution in [1.29, 1.82) is 0 Å². The summed E-state index contributed by atoms with van der Waals surface area (Å²) in [6.07, 6.45) is 0. The van der Waals surface area contributed by atoms with Crippen molar-refractivity contribution in [2.75, 3.05) is 12.4 Å². The van der Waals surface area contributed by atoms with E-state index in [2.05, 4.69) is 5.32 Å². The summed E-state index contributed by atoms with van der Waals surface area (Å²) in [5, 5.41) is 0.561. The van der Waals surface area contributed by atoms with Crippen LogP contribution in [0.25, 0.3) is 0 Å². The zero-order valence-corrected chi connectivity index (χ0v) is 5.71. The summed E-state index contributed by atoms with van der Waals surface area (Å²) >= 11 is 0. The van der Waals surface area contributed by atoms with Gasteiger partial charge in [0.2, 0.25) is 15.0 Å². The summed E-state index contributed by atoms with van der Waals surface area (Å²) in [6, 6.07) is 0. The molecule has 0 aromatic heterocycles. The highest BCUT2D eigenvalue weighted by molar-refractivity contribution is 7.95. The first-order valence-electron chi connectivity index (χ1n) is 2.51. The van der Waals surface area contributed by atoms with Crippen LogP contribution in [0.5, 0.6) is 0 Å². The molecule has 0 aromatic carbocycles. The lowest BCUT2D eigenvalue weighted by Gasteiger charge is -2.09. The Bertz CT molecular complexity index is 269. The Kier molecular flexibility index (Phi) is 1.74. The molecule has 1 heterocycles. The van der Waals surface area contributed by atoms with Crippen molar-refractivity contribution in [3.05, 3.63) is 11.0 Å². The van der Waals surface area contributed by atoms with Gasteiger partial charge in [-0.1, -0.05) is 0 Å². The van der Waals surface area contributed by atoms with Crippen LogP contribution in [0.1, 0.15) is 0 Å². The fraction of sp³-hybridized carbons (Fsp3) is 0.500. The van der Waals surface area contributed by atoms with E-state index >= 15 is 0 Å². The lowest BCUT2D eigenvalue weighted by molar-refractivity contribution is 0.500. The summed E-state index contributed by atoms with van der Waals surface area (Å²) < 4.78 is 45.3. The molecule has 1 aliphatic rings. The molecule has 3 nitrogen and oxygen atoms in total. The van der Waals surface area contributed by atoms with Crippen molar-refractivity contribution in [2.24, 2.45) is 0 Å². The average Bonchev–Trinajstić information content (AvgIpc) is 1.83. The van der Waals surface area contributed by atoms with E-state index in [1.54, 1.807) is 0 Å². The van der Waals surface area contributed by atoms with Crippen molar-refractivity contribution in [1.82, 2.24) is 5.32 Å². The summed E-state index contributed by atoms with van der Waals surface area (Å²) in [6.45, 7) is -0.342. The van der Waals surface area contributed by atoms with Gasteiger partial charge in [-0.2, -0.15) is 4.39 Å². The van der Waals surface area contributed by atoms with Crippen molar-refractivity contribution in [3.8, 4) is 0 Å². The second kappa shape index (κ2) is 2.28. The minimum absolute atomic E-state index is 0.342. The van der Waals surface area contributed by atoms with E-state index < -0.39 is 26.7 Å². The van der Waals surface area contributed by atoms with Crippen LogP contribution in [-0.2, 0) is 9.84 Å². The third-order valence-corrected chi connectivity index (χ3v) is 2.41. The highest BCUT2D eigenvalue weighted by Crippen LogP contribution is 2.17. The molecule has 0 amide bonds. The van der Waals surface area contributed by atoms with Gasteiger partial charge in [0.25, 0.3) is 0 Å². The molecule has 0 saturated carbocycles. The first kappa shape index (κ1) is 7.62. The van der Waals surface area contributed by atoms with Crippen LogP contribution >= 0.6 is 0 Å². The molecule has 0 saturated heterocycles. The lowest BCUT2D eigenvalue weighted by Crippen LogP contribution is -2.30. The second-order valence-corrected chi connectivity index (χ2v) is 3.74. The minimum atomic E-state index is -3.98. The Labute approximate surface area is 56.6 Å². The summed E-state index contributed by atoms with van der Waals surface area (Å²) in [4.78, 5) is 0. The molecule has 1 N–H and O–H groups in total. The van der Waals surface area contributed by atoms with Gasteiger partial charge in [0.15, 0.2) is 5.83 Å². The van der Waals surface area contributed by atoms with E-state index in [0.29, 0.717) is 0 Å². The molecule has 0 spiro atoms. The Morgan fingerprint density at radius 2 is 2.00 bits per heavy atom. The van der Waals surface area contributed by atoms with Gasteiger partial charge in [0.1, 0.15) is 5.88 Å². The SMILES string of the molecule is O=S1(=O)CNCC(F)=C1F. The lowest BCUT2D eigenvalue weighted by atomic mass is 10.6. The maximum absolute atomic E-state index is 12.2. The fourth-order valence-electron chi connectivity index (χ4n) is 0.597. The van der Waals surface area contributed by atoms with E-state index in [-0.39, 0.29) is 6.54 Å². The Morgan fingerprint density at radius 3 is 2.40 bits per heavy atom. The molecule has 0 radical (unpaired) electrons. The second-order valence-electron chi connectivity index (χ2n) is 1.86. The van der Waals surface area contributed by atoms with Crippen molar-refractivity contribution >= 4 is 9.84 Å². The topological polar surface area (TPSA) is 46.2 Å². The van der Waals surface area contributed by atoms with Crippen LogP contribution in [0.2, 0.25) is 0 Å². The van der Waals surface area contributed by atoms with Crippen molar-refractivity contribution in [2.45, 2.75) is 0 Å². The van der Waals surface area contributed by atoms with Crippen LogP contribution in [-0.4, -0.2) is 20.8 Å². The molecule has 10 heavy (non-hydrogen) atoms. The first-order chi connectivity index (χ1) is 4.54. The number of hydrogen-bond donors (Lipinski definition) is 1. The first-order valence-corrected chi connectivity index (χ1v) is 4.17. The number of hydrogen-bond acceptors (Lipinski definition) is 3. The third kappa shape index (κ3) is 1.17. The smallest absolute Gasteiger partial charge is 0.248 e. The molecular weight excluding hydrogens is 164 g/mol. The summed E-state index contributed by atoms with van der Waals surface area (Å²) in [7, 11) is -3.98. The van der Waals surface area contributed by atoms with E-state index in [0.717, 1.165) is 0 Å². The van der Waals surface area contributed by atoms with E-state index in [4.69, 9.17) is 0 Å². The maximum Gasteiger partial charge on any atom is 0.248 e. The zero-order valence-electron chi connectivity index (χ0n) is 4.89. The molecule has 0 bridgehead atoms. The third-order valence-electron chi connectivity index (χ3n) is 1.06. The van der Waals surface area contributed by atoms with E-state index in [1.807, 2.05) is 0 Å². The molecule has 0 aromatic rings. The van der Waals surface area contributed by atoms with Gasteiger partial charge in [0.05, 0.1) is 6.54 Å². The molecule has 58 valence electrons. The number of nitrogens with one attached hydrogen (secondary N) is 1. The monoisotopic (exact) mass is 169 g/mol. The normalized spacial score (nSPS) is 25.0. The molecule has 6 heteroatoms. The Balaban J connectivity index is 3.14. The highest BCUT2D eigenvalue weighted by atomic mass is 32.2. The number of sulfone groups is 1. The van der Waals surface area contributed by atoms with Gasteiger partial charge in [-0.05, 0) is 0 Å². The van der Waals surface area contributed by atoms with Crippen LogP contribution in [0.15, 0.2) is 11.0 Å². The molecule has 1 aliphatic heterocycles. The van der Waals surface area contributed by atoms with Crippen molar-refractivity contribution in [3.63, 3.8) is 0 Å². The zero-order chi connectivity index (χ0) is 7.78. The Morgan fingerprint density at radius 1 is 1.40 bits per heavy atom. The predicted octanol–water partition coefficient (Wildman–Crippen LogP) is 0.0700. The van der Waals surface area contributed by atoms with Crippen LogP contribution in [0, 0.1) is 0 Å². The molecule has 0 atom stereocenters. The van der Waals surface area contributed by atoms with Gasteiger partial charge in [-0.15, -0.1) is 0 Å². The van der Waals surface area contributed by atoms with E-state index in [1.165, 1.54) is 0 Å². The van der Waals surface area contributed by atoms with Gasteiger partial charge < -0.3 is 0 Å². The highest BCUT2D eigenvalue weighted by Gasteiger charge is 2.26. The summed E-state index contributed by atoms with van der Waals surface area (Å²) in [5.41, 5.74) is 0. The number of rotatable bonds is 0. The average molecular weight is 169 g/mol. The van der Waals surface area contributed by atoms with E-state index in [9.17, 15) is 17.2 Å². The van der Waals surface area contributed by atoms with Gasteiger partial charge in [-0.3, -0.25) is 5.32 Å². The number of halogens is 2. The van der Waals surface area contributed by atoms with Crippen molar-refractivity contribution < 1.29 is 17.2 Å². The van der Waals surface area contributed by atoms with Gasteiger partial charge >= 0.3 is 0 Å². The van der Waals surface area contributed by atoms with Gasteiger partial charge in [-0.25, -0.2) is 12.8 Å². The quantitative estimate of drug-likeness (QED) is 0.558. The summed E-state index contributed by atoms with van der Waals surface area (Å²) in [5.74, 6) is -1.77. The molecular formula is C4H5F2NO2S. The fourth-order valence-corrected chi connectivity index (χ4v) is 1.50. The molecule has 0 aliphatic carbocycles. The maximum atomic E-state index is 12.2. The minimum Gasteiger partial charge on any atom is -0.297 e. The van der Waals surface area contributed by atoms with Gasteiger partial charge in [0, 0.05) is 0 Å². The van der Waals surface area contributed by atoms with Crippen LogP contribution in [0.4, 0.5) is 8.78 Å².